The number of ether oxygens (including phenoxy) is 1. The van der Waals surface area contributed by atoms with Gasteiger partial charge in [-0.25, -0.2) is 0 Å². The standard InChI is InChI=1S/C10H16N2O/c1-8-4-3-5-9(6-8)10(12-11)7-13-2/h3-6,10,12H,7,11H2,1-2H3. The second-order valence-electron chi connectivity index (χ2n) is 3.09. The molecule has 1 aromatic rings. The summed E-state index contributed by atoms with van der Waals surface area (Å²) in [6.45, 7) is 2.64. The van der Waals surface area contributed by atoms with Crippen molar-refractivity contribution in [2.75, 3.05) is 13.7 Å². The lowest BCUT2D eigenvalue weighted by Crippen LogP contribution is -2.31. The Labute approximate surface area is 78.9 Å². The van der Waals surface area contributed by atoms with Gasteiger partial charge >= 0.3 is 0 Å². The molecule has 1 rings (SSSR count). The summed E-state index contributed by atoms with van der Waals surface area (Å²) in [4.78, 5) is 0. The summed E-state index contributed by atoms with van der Waals surface area (Å²) in [5, 5.41) is 0. The van der Waals surface area contributed by atoms with Crippen LogP contribution in [0.1, 0.15) is 17.2 Å². The molecule has 3 N–H and O–H groups in total. The highest BCUT2D eigenvalue weighted by molar-refractivity contribution is 5.24. The number of hydrazine groups is 1. The highest BCUT2D eigenvalue weighted by Gasteiger charge is 2.07. The van der Waals surface area contributed by atoms with Gasteiger partial charge in [-0.3, -0.25) is 11.3 Å². The molecule has 1 unspecified atom stereocenters. The van der Waals surface area contributed by atoms with Crippen LogP contribution >= 0.6 is 0 Å². The van der Waals surface area contributed by atoms with Crippen molar-refractivity contribution in [2.24, 2.45) is 5.84 Å². The van der Waals surface area contributed by atoms with Crippen LogP contribution in [0, 0.1) is 6.92 Å². The Morgan fingerprint density at radius 1 is 1.54 bits per heavy atom. The van der Waals surface area contributed by atoms with E-state index < -0.39 is 0 Å². The van der Waals surface area contributed by atoms with E-state index in [-0.39, 0.29) is 6.04 Å². The normalized spacial score (nSPS) is 12.8. The van der Waals surface area contributed by atoms with Crippen LogP contribution in [-0.4, -0.2) is 13.7 Å². The van der Waals surface area contributed by atoms with Crippen molar-refractivity contribution < 1.29 is 4.74 Å². The van der Waals surface area contributed by atoms with Gasteiger partial charge in [0.05, 0.1) is 12.6 Å². The van der Waals surface area contributed by atoms with Crippen molar-refractivity contribution >= 4 is 0 Å². The van der Waals surface area contributed by atoms with Gasteiger partial charge in [-0.15, -0.1) is 0 Å². The second kappa shape index (κ2) is 4.97. The van der Waals surface area contributed by atoms with E-state index in [1.165, 1.54) is 5.56 Å². The highest BCUT2D eigenvalue weighted by Crippen LogP contribution is 2.13. The van der Waals surface area contributed by atoms with Gasteiger partial charge in [-0.1, -0.05) is 29.8 Å². The van der Waals surface area contributed by atoms with E-state index >= 15 is 0 Å². The molecule has 3 heteroatoms. The average Bonchev–Trinajstić information content (AvgIpc) is 2.14. The number of benzene rings is 1. The molecular weight excluding hydrogens is 164 g/mol. The summed E-state index contributed by atoms with van der Waals surface area (Å²) in [5.74, 6) is 5.41. The molecule has 0 bridgehead atoms. The predicted molar refractivity (Wildman–Crippen MR) is 53.1 cm³/mol. The molecule has 0 aromatic heterocycles. The zero-order valence-corrected chi connectivity index (χ0v) is 8.08. The molecule has 0 saturated heterocycles. The largest absolute Gasteiger partial charge is 0.383 e. The van der Waals surface area contributed by atoms with Gasteiger partial charge in [0, 0.05) is 7.11 Å². The van der Waals surface area contributed by atoms with E-state index in [0.29, 0.717) is 6.61 Å². The van der Waals surface area contributed by atoms with E-state index in [4.69, 9.17) is 10.6 Å². The minimum atomic E-state index is 0.0740. The first-order valence-corrected chi connectivity index (χ1v) is 4.29. The van der Waals surface area contributed by atoms with E-state index in [1.807, 2.05) is 12.1 Å². The molecule has 1 atom stereocenters. The Balaban J connectivity index is 2.78. The minimum absolute atomic E-state index is 0.0740. The fourth-order valence-corrected chi connectivity index (χ4v) is 1.29. The van der Waals surface area contributed by atoms with Crippen LogP contribution in [0.5, 0.6) is 0 Å². The molecule has 0 aliphatic rings. The fourth-order valence-electron chi connectivity index (χ4n) is 1.29. The van der Waals surface area contributed by atoms with Crippen molar-refractivity contribution in [2.45, 2.75) is 13.0 Å². The van der Waals surface area contributed by atoms with E-state index in [2.05, 4.69) is 24.5 Å². The van der Waals surface area contributed by atoms with Crippen LogP contribution in [0.25, 0.3) is 0 Å². The number of rotatable bonds is 4. The van der Waals surface area contributed by atoms with Crippen LogP contribution in [0.3, 0.4) is 0 Å². The van der Waals surface area contributed by atoms with Gasteiger partial charge in [0.25, 0.3) is 0 Å². The molecule has 0 spiro atoms. The zero-order chi connectivity index (χ0) is 9.68. The number of nitrogens with one attached hydrogen (secondary N) is 1. The van der Waals surface area contributed by atoms with E-state index in [9.17, 15) is 0 Å². The summed E-state index contributed by atoms with van der Waals surface area (Å²) in [5.41, 5.74) is 5.11. The summed E-state index contributed by atoms with van der Waals surface area (Å²) in [6.07, 6.45) is 0. The zero-order valence-electron chi connectivity index (χ0n) is 8.08. The van der Waals surface area contributed by atoms with Crippen molar-refractivity contribution in [3.8, 4) is 0 Å². The van der Waals surface area contributed by atoms with Crippen molar-refractivity contribution in [1.82, 2.24) is 5.43 Å². The number of hydrogen-bond acceptors (Lipinski definition) is 3. The first kappa shape index (κ1) is 10.2. The molecule has 0 fully saturated rings. The molecular formula is C10H16N2O. The van der Waals surface area contributed by atoms with Gasteiger partial charge in [-0.2, -0.15) is 0 Å². The maximum atomic E-state index is 5.41. The smallest absolute Gasteiger partial charge is 0.0693 e. The SMILES string of the molecule is COCC(NN)c1cccc(C)c1. The van der Waals surface area contributed by atoms with E-state index in [0.717, 1.165) is 5.56 Å². The predicted octanol–water partition coefficient (Wildman–Crippen LogP) is 1.15. The molecule has 72 valence electrons. The van der Waals surface area contributed by atoms with Crippen molar-refractivity contribution in [3.63, 3.8) is 0 Å². The van der Waals surface area contributed by atoms with Crippen molar-refractivity contribution in [1.29, 1.82) is 0 Å². The molecule has 3 nitrogen and oxygen atoms in total. The first-order valence-electron chi connectivity index (χ1n) is 4.29. The van der Waals surface area contributed by atoms with Gasteiger partial charge in [0.2, 0.25) is 0 Å². The van der Waals surface area contributed by atoms with Crippen molar-refractivity contribution in [3.05, 3.63) is 35.4 Å². The Morgan fingerprint density at radius 2 is 2.31 bits per heavy atom. The van der Waals surface area contributed by atoms with Crippen LogP contribution in [0.2, 0.25) is 0 Å². The minimum Gasteiger partial charge on any atom is -0.383 e. The number of hydrogen-bond donors (Lipinski definition) is 2. The monoisotopic (exact) mass is 180 g/mol. The lowest BCUT2D eigenvalue weighted by molar-refractivity contribution is 0.167. The third-order valence-electron chi connectivity index (χ3n) is 1.98. The van der Waals surface area contributed by atoms with Crippen LogP contribution < -0.4 is 11.3 Å². The highest BCUT2D eigenvalue weighted by atomic mass is 16.5. The molecule has 0 amide bonds. The van der Waals surface area contributed by atoms with Gasteiger partial charge in [-0.05, 0) is 12.5 Å². The summed E-state index contributed by atoms with van der Waals surface area (Å²) in [6, 6.07) is 8.29. The summed E-state index contributed by atoms with van der Waals surface area (Å²) < 4.78 is 5.05. The number of methoxy groups -OCH3 is 1. The maximum absolute atomic E-state index is 5.41. The van der Waals surface area contributed by atoms with Gasteiger partial charge in [0.15, 0.2) is 0 Å². The molecule has 13 heavy (non-hydrogen) atoms. The molecule has 0 aliphatic heterocycles. The van der Waals surface area contributed by atoms with Crippen LogP contribution in [0.4, 0.5) is 0 Å². The van der Waals surface area contributed by atoms with Crippen LogP contribution in [-0.2, 0) is 4.74 Å². The lowest BCUT2D eigenvalue weighted by Gasteiger charge is -2.15. The summed E-state index contributed by atoms with van der Waals surface area (Å²) >= 11 is 0. The average molecular weight is 180 g/mol. The third kappa shape index (κ3) is 2.81. The topological polar surface area (TPSA) is 47.3 Å². The second-order valence-corrected chi connectivity index (χ2v) is 3.09. The Morgan fingerprint density at radius 3 is 2.85 bits per heavy atom. The summed E-state index contributed by atoms with van der Waals surface area (Å²) in [7, 11) is 1.67. The van der Waals surface area contributed by atoms with Gasteiger partial charge < -0.3 is 4.74 Å². The quantitative estimate of drug-likeness (QED) is 0.539. The molecule has 0 aliphatic carbocycles. The number of nitrogens with two attached hydrogens (primary N) is 1. The number of aryl methyl sites for hydroxylation is 1. The molecule has 1 aromatic carbocycles. The molecule has 0 heterocycles. The lowest BCUT2D eigenvalue weighted by atomic mass is 10.1. The first-order chi connectivity index (χ1) is 6.27. The maximum Gasteiger partial charge on any atom is 0.0693 e. The third-order valence-corrected chi connectivity index (χ3v) is 1.98. The molecule has 0 radical (unpaired) electrons. The fraction of sp³-hybridized carbons (Fsp3) is 0.400. The van der Waals surface area contributed by atoms with E-state index in [1.54, 1.807) is 7.11 Å². The Bertz CT molecular complexity index is 263. The Kier molecular flexibility index (Phi) is 3.89. The molecule has 0 saturated carbocycles. The Hall–Kier alpha value is -0.900. The van der Waals surface area contributed by atoms with Crippen LogP contribution in [0.15, 0.2) is 24.3 Å². The van der Waals surface area contributed by atoms with Gasteiger partial charge in [0.1, 0.15) is 0 Å².